The first-order valence-electron chi connectivity index (χ1n) is 6.67. The van der Waals surface area contributed by atoms with E-state index in [0.29, 0.717) is 0 Å². The van der Waals surface area contributed by atoms with Crippen LogP contribution >= 0.6 is 11.8 Å². The lowest BCUT2D eigenvalue weighted by atomic mass is 9.81. The van der Waals surface area contributed by atoms with Gasteiger partial charge < -0.3 is 10.5 Å². The number of alkyl halides is 3. The van der Waals surface area contributed by atoms with Crippen molar-refractivity contribution < 1.29 is 27.2 Å². The van der Waals surface area contributed by atoms with E-state index in [-0.39, 0.29) is 16.5 Å². The third kappa shape index (κ3) is 3.77. The smallest absolute Gasteiger partial charge is 0.379 e. The Hall–Kier alpha value is -1.36. The fourth-order valence-corrected chi connectivity index (χ4v) is 3.85. The second-order valence-electron chi connectivity index (χ2n) is 5.60. The van der Waals surface area contributed by atoms with Crippen LogP contribution in [0.15, 0.2) is 16.4 Å². The second kappa shape index (κ2) is 6.27. The Morgan fingerprint density at radius 1 is 1.61 bits per heavy atom. The lowest BCUT2D eigenvalue weighted by molar-refractivity contribution is -0.471. The standard InChI is InChI=1S/C12H15F4N3O3S/c1-6(3-19(20)21)8(13)2-11-5-22-9(12(14,15)16)7(11)4-23-10(17)18-11/h7,9H,2-5H2,1H3,(H2,17,18)/b8-6+/t7-,9+,11-/m1/s1. The van der Waals surface area contributed by atoms with Crippen molar-refractivity contribution in [2.24, 2.45) is 16.6 Å². The van der Waals surface area contributed by atoms with Crippen LogP contribution in [0, 0.1) is 16.0 Å². The van der Waals surface area contributed by atoms with Crippen LogP contribution in [0.5, 0.6) is 0 Å². The second-order valence-corrected chi connectivity index (χ2v) is 6.64. The zero-order valence-electron chi connectivity index (χ0n) is 12.1. The molecule has 2 N–H and O–H groups in total. The Balaban J connectivity index is 2.32. The number of fused-ring (bicyclic) bond motifs is 1. The largest absolute Gasteiger partial charge is 0.415 e. The van der Waals surface area contributed by atoms with Gasteiger partial charge in [-0.1, -0.05) is 11.8 Å². The van der Waals surface area contributed by atoms with E-state index in [9.17, 15) is 27.7 Å². The maximum atomic E-state index is 14.2. The van der Waals surface area contributed by atoms with Crippen LogP contribution in [0.3, 0.4) is 0 Å². The molecule has 2 aliphatic heterocycles. The number of hydrogen-bond acceptors (Lipinski definition) is 6. The van der Waals surface area contributed by atoms with Crippen LogP contribution in [0.1, 0.15) is 13.3 Å². The Morgan fingerprint density at radius 3 is 2.83 bits per heavy atom. The first kappa shape index (κ1) is 18.0. The summed E-state index contributed by atoms with van der Waals surface area (Å²) >= 11 is 0.960. The summed E-state index contributed by atoms with van der Waals surface area (Å²) < 4.78 is 58.3. The number of hydrogen-bond donors (Lipinski definition) is 1. The molecule has 0 aromatic heterocycles. The zero-order valence-corrected chi connectivity index (χ0v) is 12.9. The number of nitrogens with two attached hydrogens (primary N) is 1. The van der Waals surface area contributed by atoms with Crippen LogP contribution in [-0.4, -0.2) is 46.8 Å². The summed E-state index contributed by atoms with van der Waals surface area (Å²) in [6.45, 7) is 0.0812. The summed E-state index contributed by atoms with van der Waals surface area (Å²) in [5.41, 5.74) is 3.97. The monoisotopic (exact) mass is 357 g/mol. The first-order chi connectivity index (χ1) is 10.5. The van der Waals surface area contributed by atoms with Gasteiger partial charge in [0, 0.05) is 28.6 Å². The zero-order chi connectivity index (χ0) is 17.4. The van der Waals surface area contributed by atoms with Gasteiger partial charge in [-0.3, -0.25) is 15.1 Å². The fourth-order valence-electron chi connectivity index (χ4n) is 2.77. The maximum Gasteiger partial charge on any atom is 0.415 e. The quantitative estimate of drug-likeness (QED) is 0.473. The van der Waals surface area contributed by atoms with Crippen molar-refractivity contribution in [3.8, 4) is 0 Å². The number of halogens is 4. The molecule has 11 heteroatoms. The number of nitro groups is 1. The van der Waals surface area contributed by atoms with Crippen molar-refractivity contribution in [1.29, 1.82) is 0 Å². The number of thioether (sulfide) groups is 1. The molecule has 2 heterocycles. The summed E-state index contributed by atoms with van der Waals surface area (Å²) in [4.78, 5) is 13.8. The van der Waals surface area contributed by atoms with Crippen molar-refractivity contribution >= 4 is 16.9 Å². The molecule has 0 aromatic carbocycles. The van der Waals surface area contributed by atoms with Crippen LogP contribution in [0.2, 0.25) is 0 Å². The van der Waals surface area contributed by atoms with Gasteiger partial charge in [0.1, 0.15) is 5.83 Å². The molecule has 0 spiro atoms. The molecule has 2 aliphatic rings. The Kier molecular flexibility index (Phi) is 4.90. The molecule has 0 aromatic rings. The minimum Gasteiger partial charge on any atom is -0.379 e. The van der Waals surface area contributed by atoms with E-state index in [1.54, 1.807) is 0 Å². The molecule has 0 radical (unpaired) electrons. The van der Waals surface area contributed by atoms with E-state index in [1.807, 2.05) is 0 Å². The molecule has 6 nitrogen and oxygen atoms in total. The Bertz CT molecular complexity index is 566. The van der Waals surface area contributed by atoms with Crippen molar-refractivity contribution in [2.75, 3.05) is 18.9 Å². The minimum atomic E-state index is -4.59. The van der Waals surface area contributed by atoms with Crippen LogP contribution in [-0.2, 0) is 4.74 Å². The highest BCUT2D eigenvalue weighted by molar-refractivity contribution is 8.13. The first-order valence-corrected chi connectivity index (χ1v) is 7.66. The highest BCUT2D eigenvalue weighted by atomic mass is 32.2. The van der Waals surface area contributed by atoms with Gasteiger partial charge in [0.15, 0.2) is 11.3 Å². The minimum absolute atomic E-state index is 0.00107. The summed E-state index contributed by atoms with van der Waals surface area (Å²) in [6.07, 6.45) is -7.13. The number of rotatable bonds is 4. The maximum absolute atomic E-state index is 14.2. The Labute approximate surface area is 133 Å². The molecule has 0 amide bonds. The van der Waals surface area contributed by atoms with Gasteiger partial charge in [0.2, 0.25) is 6.54 Å². The summed E-state index contributed by atoms with van der Waals surface area (Å²) in [5.74, 6) is -1.93. The van der Waals surface area contributed by atoms with Gasteiger partial charge in [0.25, 0.3) is 0 Å². The van der Waals surface area contributed by atoms with E-state index < -0.39 is 54.1 Å². The number of amidine groups is 1. The average Bonchev–Trinajstić information content (AvgIpc) is 2.75. The van der Waals surface area contributed by atoms with Crippen molar-refractivity contribution in [3.63, 3.8) is 0 Å². The predicted molar refractivity (Wildman–Crippen MR) is 76.4 cm³/mol. The highest BCUT2D eigenvalue weighted by Gasteiger charge is 2.60. The molecule has 23 heavy (non-hydrogen) atoms. The molecule has 0 unspecified atom stereocenters. The topological polar surface area (TPSA) is 90.8 Å². The lowest BCUT2D eigenvalue weighted by Crippen LogP contribution is -2.47. The predicted octanol–water partition coefficient (Wildman–Crippen LogP) is 2.27. The molecule has 2 rings (SSSR count). The van der Waals surface area contributed by atoms with E-state index in [4.69, 9.17) is 10.5 Å². The molecule has 1 fully saturated rings. The number of aliphatic imine (C=N–C) groups is 1. The SMILES string of the molecule is C/C(C[N+](=O)[O-])=C(\F)C[C@@]12CO[C@H](C(F)(F)F)[C@H]1CSC(N)=N2. The fraction of sp³-hybridized carbons (Fsp3) is 0.750. The van der Waals surface area contributed by atoms with Crippen LogP contribution < -0.4 is 5.73 Å². The van der Waals surface area contributed by atoms with Gasteiger partial charge >= 0.3 is 6.18 Å². The molecular weight excluding hydrogens is 342 g/mol. The van der Waals surface area contributed by atoms with Crippen LogP contribution in [0.25, 0.3) is 0 Å². The molecule has 0 aliphatic carbocycles. The molecule has 1 saturated heterocycles. The summed E-state index contributed by atoms with van der Waals surface area (Å²) in [7, 11) is 0. The number of ether oxygens (including phenoxy) is 1. The third-order valence-corrected chi connectivity index (χ3v) is 4.84. The van der Waals surface area contributed by atoms with E-state index in [2.05, 4.69) is 4.99 Å². The van der Waals surface area contributed by atoms with E-state index >= 15 is 0 Å². The van der Waals surface area contributed by atoms with Crippen molar-refractivity contribution in [2.45, 2.75) is 31.2 Å². The summed E-state index contributed by atoms with van der Waals surface area (Å²) in [5, 5.41) is 10.5. The Morgan fingerprint density at radius 2 is 2.26 bits per heavy atom. The van der Waals surface area contributed by atoms with E-state index in [1.165, 1.54) is 6.92 Å². The van der Waals surface area contributed by atoms with Gasteiger partial charge in [-0.25, -0.2) is 4.39 Å². The summed E-state index contributed by atoms with van der Waals surface area (Å²) in [6, 6.07) is 0. The number of nitrogens with zero attached hydrogens (tertiary/aromatic N) is 2. The average molecular weight is 357 g/mol. The van der Waals surface area contributed by atoms with E-state index in [0.717, 1.165) is 11.8 Å². The highest BCUT2D eigenvalue weighted by Crippen LogP contribution is 2.48. The molecular formula is C12H15F4N3O3S. The lowest BCUT2D eigenvalue weighted by Gasteiger charge is -2.35. The van der Waals surface area contributed by atoms with Gasteiger partial charge in [-0.2, -0.15) is 13.2 Å². The normalized spacial score (nSPS) is 32.1. The van der Waals surface area contributed by atoms with Crippen LogP contribution in [0.4, 0.5) is 17.6 Å². The van der Waals surface area contributed by atoms with Gasteiger partial charge in [-0.05, 0) is 6.92 Å². The van der Waals surface area contributed by atoms with Gasteiger partial charge in [0.05, 0.1) is 12.1 Å². The third-order valence-electron chi connectivity index (χ3n) is 3.93. The molecule has 0 bridgehead atoms. The van der Waals surface area contributed by atoms with Crippen molar-refractivity contribution in [3.05, 3.63) is 21.5 Å². The molecule has 3 atom stereocenters. The van der Waals surface area contributed by atoms with Gasteiger partial charge in [-0.15, -0.1) is 0 Å². The van der Waals surface area contributed by atoms with Crippen molar-refractivity contribution in [1.82, 2.24) is 0 Å². The molecule has 130 valence electrons. The molecule has 0 saturated carbocycles.